The van der Waals surface area contributed by atoms with Crippen LogP contribution in [0, 0.1) is 12.7 Å². The molecule has 0 bridgehead atoms. The number of halogens is 1. The number of urea groups is 1. The number of benzene rings is 1. The third kappa shape index (κ3) is 4.52. The predicted octanol–water partition coefficient (Wildman–Crippen LogP) is 2.44. The first-order chi connectivity index (χ1) is 8.74. The number of carbonyl (C=O) groups is 1. The second-order valence-electron chi connectivity index (χ2n) is 5.22. The Labute approximate surface area is 113 Å². The smallest absolute Gasteiger partial charge is 0.321 e. The third-order valence-corrected chi connectivity index (χ3v) is 2.80. The molecule has 2 amide bonds. The molecule has 0 aliphatic heterocycles. The number of rotatable bonds is 4. The maximum absolute atomic E-state index is 13.9. The van der Waals surface area contributed by atoms with Gasteiger partial charge in [-0.3, -0.25) is 4.90 Å². The van der Waals surface area contributed by atoms with Gasteiger partial charge >= 0.3 is 6.03 Å². The molecule has 0 aromatic heterocycles. The summed E-state index contributed by atoms with van der Waals surface area (Å²) in [7, 11) is 1.49. The van der Waals surface area contributed by atoms with Gasteiger partial charge in [0.25, 0.3) is 0 Å². The topological polar surface area (TPSA) is 52.6 Å². The molecule has 0 saturated carbocycles. The van der Waals surface area contributed by atoms with Crippen molar-refractivity contribution in [2.24, 2.45) is 0 Å². The van der Waals surface area contributed by atoms with Crippen molar-refractivity contribution in [2.75, 3.05) is 18.5 Å². The lowest BCUT2D eigenvalue weighted by Crippen LogP contribution is -2.41. The lowest BCUT2D eigenvalue weighted by Gasteiger charge is -2.26. The van der Waals surface area contributed by atoms with E-state index in [0.717, 1.165) is 5.56 Å². The number of hydrogen-bond donors (Lipinski definition) is 2. The summed E-state index contributed by atoms with van der Waals surface area (Å²) in [5.74, 6) is -0.454. The minimum absolute atomic E-state index is 0.226. The number of aryl methyl sites for hydroxylation is 1. The Morgan fingerprint density at radius 2 is 2.11 bits per heavy atom. The van der Waals surface area contributed by atoms with Gasteiger partial charge in [0.1, 0.15) is 5.82 Å². The second-order valence-corrected chi connectivity index (χ2v) is 5.22. The number of aliphatic hydroxyl groups is 1. The summed E-state index contributed by atoms with van der Waals surface area (Å²) in [6.07, 6.45) is 0.355. The Morgan fingerprint density at radius 3 is 2.63 bits per heavy atom. The van der Waals surface area contributed by atoms with E-state index in [-0.39, 0.29) is 12.2 Å². The fourth-order valence-corrected chi connectivity index (χ4v) is 1.68. The quantitative estimate of drug-likeness (QED) is 0.881. The van der Waals surface area contributed by atoms with Crippen LogP contribution < -0.4 is 10.2 Å². The molecular formula is C14H21FN2O2. The maximum atomic E-state index is 13.9. The molecule has 0 aliphatic carbocycles. The highest BCUT2D eigenvalue weighted by atomic mass is 19.1. The fraction of sp³-hybridized carbons (Fsp3) is 0.500. The molecule has 2 N–H and O–H groups in total. The zero-order valence-corrected chi connectivity index (χ0v) is 11.8. The fourth-order valence-electron chi connectivity index (χ4n) is 1.68. The van der Waals surface area contributed by atoms with Gasteiger partial charge in [-0.15, -0.1) is 0 Å². The van der Waals surface area contributed by atoms with E-state index in [1.165, 1.54) is 18.0 Å². The van der Waals surface area contributed by atoms with Crippen molar-refractivity contribution in [1.29, 1.82) is 0 Å². The summed E-state index contributed by atoms with van der Waals surface area (Å²) in [6, 6.07) is 4.21. The van der Waals surface area contributed by atoms with Gasteiger partial charge in [0.05, 0.1) is 11.3 Å². The van der Waals surface area contributed by atoms with Crippen molar-refractivity contribution >= 4 is 11.7 Å². The molecule has 19 heavy (non-hydrogen) atoms. The SMILES string of the molecule is CNC(=O)N(CCC(C)(C)O)c1cc(C)ccc1F. The van der Waals surface area contributed by atoms with Crippen molar-refractivity contribution in [1.82, 2.24) is 5.32 Å². The molecule has 0 saturated heterocycles. The normalized spacial score (nSPS) is 11.3. The molecular weight excluding hydrogens is 247 g/mol. The third-order valence-electron chi connectivity index (χ3n) is 2.80. The highest BCUT2D eigenvalue weighted by Gasteiger charge is 2.21. The number of nitrogens with zero attached hydrogens (tertiary/aromatic N) is 1. The molecule has 106 valence electrons. The molecule has 5 heteroatoms. The van der Waals surface area contributed by atoms with Gasteiger partial charge < -0.3 is 10.4 Å². The Kier molecular flexibility index (Phi) is 4.89. The molecule has 0 spiro atoms. The van der Waals surface area contributed by atoms with Gasteiger partial charge in [0, 0.05) is 13.6 Å². The predicted molar refractivity (Wildman–Crippen MR) is 73.9 cm³/mol. The van der Waals surface area contributed by atoms with Crippen molar-refractivity contribution in [3.05, 3.63) is 29.6 Å². The molecule has 0 aliphatic rings. The largest absolute Gasteiger partial charge is 0.390 e. The van der Waals surface area contributed by atoms with Crippen LogP contribution >= 0.6 is 0 Å². The molecule has 1 aromatic rings. The molecule has 0 radical (unpaired) electrons. The van der Waals surface area contributed by atoms with E-state index in [4.69, 9.17) is 0 Å². The van der Waals surface area contributed by atoms with Crippen LogP contribution in [0.25, 0.3) is 0 Å². The van der Waals surface area contributed by atoms with E-state index < -0.39 is 17.4 Å². The summed E-state index contributed by atoms with van der Waals surface area (Å²) >= 11 is 0. The highest BCUT2D eigenvalue weighted by Crippen LogP contribution is 2.22. The van der Waals surface area contributed by atoms with Crippen LogP contribution in [0.3, 0.4) is 0 Å². The standard InChI is InChI=1S/C14H21FN2O2/c1-10-5-6-11(15)12(9-10)17(13(18)16-4)8-7-14(2,3)19/h5-6,9,19H,7-8H2,1-4H3,(H,16,18). The van der Waals surface area contributed by atoms with Crippen LogP contribution in [-0.2, 0) is 0 Å². The van der Waals surface area contributed by atoms with Crippen LogP contribution in [0.2, 0.25) is 0 Å². The Bertz CT molecular complexity index is 455. The van der Waals surface area contributed by atoms with Gasteiger partial charge in [-0.1, -0.05) is 6.07 Å². The van der Waals surface area contributed by atoms with E-state index in [1.54, 1.807) is 26.0 Å². The van der Waals surface area contributed by atoms with Gasteiger partial charge in [-0.2, -0.15) is 0 Å². The van der Waals surface area contributed by atoms with E-state index in [2.05, 4.69) is 5.32 Å². The minimum Gasteiger partial charge on any atom is -0.390 e. The molecule has 4 nitrogen and oxygen atoms in total. The lowest BCUT2D eigenvalue weighted by molar-refractivity contribution is 0.0735. The van der Waals surface area contributed by atoms with E-state index in [1.807, 2.05) is 6.92 Å². The van der Waals surface area contributed by atoms with E-state index in [0.29, 0.717) is 6.42 Å². The Morgan fingerprint density at radius 1 is 1.47 bits per heavy atom. The molecule has 1 rings (SSSR count). The lowest BCUT2D eigenvalue weighted by atomic mass is 10.1. The molecule has 0 fully saturated rings. The number of nitrogens with one attached hydrogen (secondary N) is 1. The van der Waals surface area contributed by atoms with Crippen LogP contribution in [0.5, 0.6) is 0 Å². The van der Waals surface area contributed by atoms with Gasteiger partial charge in [-0.05, 0) is 44.9 Å². The molecule has 1 aromatic carbocycles. The van der Waals surface area contributed by atoms with E-state index >= 15 is 0 Å². The summed E-state index contributed by atoms with van der Waals surface area (Å²) in [6.45, 7) is 5.38. The van der Waals surface area contributed by atoms with Gasteiger partial charge in [-0.25, -0.2) is 9.18 Å². The van der Waals surface area contributed by atoms with Crippen molar-refractivity contribution in [2.45, 2.75) is 32.8 Å². The van der Waals surface area contributed by atoms with Crippen molar-refractivity contribution in [3.8, 4) is 0 Å². The zero-order chi connectivity index (χ0) is 14.6. The van der Waals surface area contributed by atoms with Gasteiger partial charge in [0.2, 0.25) is 0 Å². The van der Waals surface area contributed by atoms with Crippen LogP contribution in [0.1, 0.15) is 25.8 Å². The summed E-state index contributed by atoms with van der Waals surface area (Å²) < 4.78 is 13.9. The first-order valence-electron chi connectivity index (χ1n) is 6.22. The maximum Gasteiger partial charge on any atom is 0.321 e. The molecule has 0 heterocycles. The Hall–Kier alpha value is -1.62. The summed E-state index contributed by atoms with van der Waals surface area (Å²) in [4.78, 5) is 13.2. The Balaban J connectivity index is 3.03. The first kappa shape index (κ1) is 15.4. The van der Waals surface area contributed by atoms with Gasteiger partial charge in [0.15, 0.2) is 0 Å². The number of carbonyl (C=O) groups excluding carboxylic acids is 1. The van der Waals surface area contributed by atoms with Crippen LogP contribution in [0.15, 0.2) is 18.2 Å². The summed E-state index contributed by atoms with van der Waals surface area (Å²) in [5.41, 5.74) is 0.184. The van der Waals surface area contributed by atoms with Crippen molar-refractivity contribution < 1.29 is 14.3 Å². The second kappa shape index (κ2) is 6.02. The van der Waals surface area contributed by atoms with Crippen LogP contribution in [0.4, 0.5) is 14.9 Å². The van der Waals surface area contributed by atoms with Crippen LogP contribution in [-0.4, -0.2) is 30.3 Å². The highest BCUT2D eigenvalue weighted by molar-refractivity contribution is 5.92. The number of hydrogen-bond acceptors (Lipinski definition) is 2. The molecule has 0 atom stereocenters. The number of anilines is 1. The first-order valence-corrected chi connectivity index (χ1v) is 6.22. The summed E-state index contributed by atoms with van der Waals surface area (Å²) in [5, 5.41) is 12.2. The minimum atomic E-state index is -0.910. The van der Waals surface area contributed by atoms with Crippen molar-refractivity contribution in [3.63, 3.8) is 0 Å². The monoisotopic (exact) mass is 268 g/mol. The average Bonchev–Trinajstić information content (AvgIpc) is 2.31. The zero-order valence-electron chi connectivity index (χ0n) is 11.8. The number of amides is 2. The average molecular weight is 268 g/mol. The van der Waals surface area contributed by atoms with E-state index in [9.17, 15) is 14.3 Å². The molecule has 0 unspecified atom stereocenters.